The van der Waals surface area contributed by atoms with Crippen LogP contribution in [0.4, 0.5) is 5.69 Å². The molecule has 1 amide bonds. The van der Waals surface area contributed by atoms with Gasteiger partial charge in [0.25, 0.3) is 5.91 Å². The minimum atomic E-state index is -0.0841. The molecule has 2 heterocycles. The van der Waals surface area contributed by atoms with Gasteiger partial charge in [0.05, 0.1) is 12.1 Å². The van der Waals surface area contributed by atoms with E-state index in [1.165, 1.54) is 11.3 Å². The van der Waals surface area contributed by atoms with Gasteiger partial charge in [-0.3, -0.25) is 9.48 Å². The van der Waals surface area contributed by atoms with Gasteiger partial charge in [0, 0.05) is 23.5 Å². The lowest BCUT2D eigenvalue weighted by Gasteiger charge is -2.10. The number of benzene rings is 1. The first-order valence-corrected chi connectivity index (χ1v) is 7.16. The summed E-state index contributed by atoms with van der Waals surface area (Å²) in [5.41, 5.74) is 2.53. The zero-order chi connectivity index (χ0) is 13.8. The Morgan fingerprint density at radius 1 is 1.25 bits per heavy atom. The van der Waals surface area contributed by atoms with E-state index in [4.69, 9.17) is 0 Å². The van der Waals surface area contributed by atoms with E-state index in [0.29, 0.717) is 12.1 Å². The number of nitrogens with one attached hydrogen (secondary N) is 1. The van der Waals surface area contributed by atoms with E-state index in [0.717, 1.165) is 11.3 Å². The van der Waals surface area contributed by atoms with E-state index in [2.05, 4.69) is 10.4 Å². The second-order valence-electron chi connectivity index (χ2n) is 4.33. The second kappa shape index (κ2) is 5.71. The van der Waals surface area contributed by atoms with Crippen molar-refractivity contribution < 1.29 is 4.79 Å². The van der Waals surface area contributed by atoms with Crippen molar-refractivity contribution in [2.45, 2.75) is 6.54 Å². The van der Waals surface area contributed by atoms with Gasteiger partial charge in [-0.1, -0.05) is 18.2 Å². The average Bonchev–Trinajstić information content (AvgIpc) is 3.13. The van der Waals surface area contributed by atoms with Crippen molar-refractivity contribution in [1.82, 2.24) is 9.78 Å². The Hall–Kier alpha value is -2.40. The zero-order valence-corrected chi connectivity index (χ0v) is 11.5. The molecule has 0 saturated heterocycles. The molecule has 0 atom stereocenters. The standard InChI is InChI=1S/C15H13N3OS/c19-15(13-6-9-20-11-13)17-14-5-2-1-4-12(14)10-18-8-3-7-16-18/h1-9,11H,10H2,(H,17,19). The molecule has 0 bridgehead atoms. The molecule has 1 aromatic carbocycles. The summed E-state index contributed by atoms with van der Waals surface area (Å²) in [6.45, 7) is 0.632. The quantitative estimate of drug-likeness (QED) is 0.799. The van der Waals surface area contributed by atoms with Crippen molar-refractivity contribution in [2.24, 2.45) is 0 Å². The van der Waals surface area contributed by atoms with Crippen LogP contribution in [0.3, 0.4) is 0 Å². The van der Waals surface area contributed by atoms with Gasteiger partial charge >= 0.3 is 0 Å². The minimum Gasteiger partial charge on any atom is -0.322 e. The van der Waals surface area contributed by atoms with E-state index in [-0.39, 0.29) is 5.91 Å². The zero-order valence-electron chi connectivity index (χ0n) is 10.7. The van der Waals surface area contributed by atoms with Gasteiger partial charge < -0.3 is 5.32 Å². The van der Waals surface area contributed by atoms with E-state index in [1.54, 1.807) is 6.20 Å². The maximum atomic E-state index is 12.1. The smallest absolute Gasteiger partial charge is 0.256 e. The fourth-order valence-corrected chi connectivity index (χ4v) is 2.57. The Morgan fingerprint density at radius 3 is 2.90 bits per heavy atom. The highest BCUT2D eigenvalue weighted by molar-refractivity contribution is 7.08. The Bertz CT molecular complexity index is 690. The van der Waals surface area contributed by atoms with Gasteiger partial charge in [-0.2, -0.15) is 16.4 Å². The fourth-order valence-electron chi connectivity index (χ4n) is 1.94. The number of hydrogen-bond acceptors (Lipinski definition) is 3. The minimum absolute atomic E-state index is 0.0841. The van der Waals surface area contributed by atoms with Crippen molar-refractivity contribution in [2.75, 3.05) is 5.32 Å². The Balaban J connectivity index is 1.81. The van der Waals surface area contributed by atoms with E-state index in [1.807, 2.05) is 58.0 Å². The lowest BCUT2D eigenvalue weighted by molar-refractivity contribution is 0.102. The highest BCUT2D eigenvalue weighted by Crippen LogP contribution is 2.18. The number of para-hydroxylation sites is 1. The van der Waals surface area contributed by atoms with Gasteiger partial charge in [-0.05, 0) is 29.1 Å². The van der Waals surface area contributed by atoms with Crippen LogP contribution in [0.2, 0.25) is 0 Å². The number of rotatable bonds is 4. The van der Waals surface area contributed by atoms with E-state index in [9.17, 15) is 4.79 Å². The molecule has 1 N–H and O–H groups in total. The summed E-state index contributed by atoms with van der Waals surface area (Å²) in [4.78, 5) is 12.1. The molecular weight excluding hydrogens is 270 g/mol. The monoisotopic (exact) mass is 283 g/mol. The highest BCUT2D eigenvalue weighted by atomic mass is 32.1. The van der Waals surface area contributed by atoms with Crippen LogP contribution in [0.1, 0.15) is 15.9 Å². The van der Waals surface area contributed by atoms with Crippen LogP contribution in [-0.4, -0.2) is 15.7 Å². The van der Waals surface area contributed by atoms with Crippen molar-refractivity contribution in [3.8, 4) is 0 Å². The lowest BCUT2D eigenvalue weighted by atomic mass is 10.1. The normalized spacial score (nSPS) is 10.4. The molecule has 0 aliphatic carbocycles. The third kappa shape index (κ3) is 2.78. The topological polar surface area (TPSA) is 46.9 Å². The maximum absolute atomic E-state index is 12.1. The largest absolute Gasteiger partial charge is 0.322 e. The van der Waals surface area contributed by atoms with Crippen LogP contribution in [0.15, 0.2) is 59.6 Å². The molecule has 20 heavy (non-hydrogen) atoms. The number of amides is 1. The van der Waals surface area contributed by atoms with Crippen LogP contribution in [-0.2, 0) is 6.54 Å². The van der Waals surface area contributed by atoms with Crippen LogP contribution < -0.4 is 5.32 Å². The third-order valence-electron chi connectivity index (χ3n) is 2.94. The van der Waals surface area contributed by atoms with Gasteiger partial charge in [-0.25, -0.2) is 0 Å². The van der Waals surface area contributed by atoms with Crippen LogP contribution in [0.25, 0.3) is 0 Å². The highest BCUT2D eigenvalue weighted by Gasteiger charge is 2.09. The van der Waals surface area contributed by atoms with Gasteiger partial charge in [0.1, 0.15) is 0 Å². The lowest BCUT2D eigenvalue weighted by Crippen LogP contribution is -2.13. The molecule has 0 spiro atoms. The SMILES string of the molecule is O=C(Nc1ccccc1Cn1cccn1)c1ccsc1. The number of carbonyl (C=O) groups is 1. The molecular formula is C15H13N3OS. The molecule has 0 fully saturated rings. The molecule has 4 nitrogen and oxygen atoms in total. The predicted octanol–water partition coefficient (Wildman–Crippen LogP) is 3.25. The number of carbonyl (C=O) groups excluding carboxylic acids is 1. The fraction of sp³-hybridized carbons (Fsp3) is 0.0667. The number of anilines is 1. The van der Waals surface area contributed by atoms with Crippen molar-refractivity contribution in [3.05, 3.63) is 70.7 Å². The summed E-state index contributed by atoms with van der Waals surface area (Å²) in [5.74, 6) is -0.0841. The molecule has 2 aromatic heterocycles. The predicted molar refractivity (Wildman–Crippen MR) is 80.0 cm³/mol. The van der Waals surface area contributed by atoms with Crippen molar-refractivity contribution >= 4 is 22.9 Å². The molecule has 0 aliphatic heterocycles. The van der Waals surface area contributed by atoms with E-state index >= 15 is 0 Å². The maximum Gasteiger partial charge on any atom is 0.256 e. The first-order valence-electron chi connectivity index (χ1n) is 6.22. The summed E-state index contributed by atoms with van der Waals surface area (Å²) >= 11 is 1.51. The molecule has 3 aromatic rings. The second-order valence-corrected chi connectivity index (χ2v) is 5.11. The summed E-state index contributed by atoms with van der Waals surface area (Å²) in [7, 11) is 0. The molecule has 100 valence electrons. The Labute approximate surface area is 120 Å². The molecule has 5 heteroatoms. The molecule has 0 radical (unpaired) electrons. The van der Waals surface area contributed by atoms with Gasteiger partial charge in [0.15, 0.2) is 0 Å². The van der Waals surface area contributed by atoms with Crippen LogP contribution in [0.5, 0.6) is 0 Å². The number of thiophene rings is 1. The molecule has 0 unspecified atom stereocenters. The molecule has 0 aliphatic rings. The Morgan fingerprint density at radius 2 is 2.15 bits per heavy atom. The van der Waals surface area contributed by atoms with Crippen molar-refractivity contribution in [1.29, 1.82) is 0 Å². The number of nitrogens with zero attached hydrogens (tertiary/aromatic N) is 2. The molecule has 3 rings (SSSR count). The summed E-state index contributed by atoms with van der Waals surface area (Å²) < 4.78 is 1.83. The summed E-state index contributed by atoms with van der Waals surface area (Å²) in [5, 5.41) is 10.9. The average molecular weight is 283 g/mol. The van der Waals surface area contributed by atoms with Crippen LogP contribution in [0, 0.1) is 0 Å². The van der Waals surface area contributed by atoms with Gasteiger partial charge in [0.2, 0.25) is 0 Å². The molecule has 0 saturated carbocycles. The Kier molecular flexibility index (Phi) is 3.60. The first-order chi connectivity index (χ1) is 9.83. The summed E-state index contributed by atoms with van der Waals surface area (Å²) in [6, 6.07) is 11.5. The van der Waals surface area contributed by atoms with E-state index < -0.39 is 0 Å². The third-order valence-corrected chi connectivity index (χ3v) is 3.62. The van der Waals surface area contributed by atoms with Crippen molar-refractivity contribution in [3.63, 3.8) is 0 Å². The summed E-state index contributed by atoms with van der Waals surface area (Å²) in [6.07, 6.45) is 3.64. The number of hydrogen-bond donors (Lipinski definition) is 1. The first kappa shape index (κ1) is 12.6. The number of aromatic nitrogens is 2. The van der Waals surface area contributed by atoms with Crippen LogP contribution >= 0.6 is 11.3 Å². The van der Waals surface area contributed by atoms with Gasteiger partial charge in [-0.15, -0.1) is 0 Å².